The van der Waals surface area contributed by atoms with E-state index in [1.54, 1.807) is 20.5 Å². The minimum atomic E-state index is -0.837. The number of aliphatic hydroxyl groups is 1. The van der Waals surface area contributed by atoms with Crippen LogP contribution in [0.1, 0.15) is 37.2 Å². The molecule has 0 saturated heterocycles. The van der Waals surface area contributed by atoms with Crippen molar-refractivity contribution in [3.63, 3.8) is 0 Å². The Morgan fingerprint density at radius 1 is 1.32 bits per heavy atom. The van der Waals surface area contributed by atoms with E-state index in [4.69, 9.17) is 0 Å². The summed E-state index contributed by atoms with van der Waals surface area (Å²) in [4.78, 5) is 34.9. The molecule has 1 fully saturated rings. The van der Waals surface area contributed by atoms with Gasteiger partial charge in [0.2, 0.25) is 5.91 Å². The number of aromatic nitrogens is 5. The number of fused-ring (bicyclic) bond motifs is 1. The predicted molar refractivity (Wildman–Crippen MR) is 86.5 cm³/mol. The summed E-state index contributed by atoms with van der Waals surface area (Å²) in [5, 5.41) is 14.2. The van der Waals surface area contributed by atoms with E-state index in [0.717, 1.165) is 6.42 Å². The summed E-state index contributed by atoms with van der Waals surface area (Å²) in [6.45, 7) is 1.53. The molecule has 0 radical (unpaired) electrons. The second-order valence-corrected chi connectivity index (χ2v) is 6.82. The fraction of sp³-hybridized carbons (Fsp3) is 0.562. The SMILES string of the molecule is O=C(CC1(O)CCC1)N1CCn2c(nc(Cn3cncn3)cc2=O)C1. The van der Waals surface area contributed by atoms with Gasteiger partial charge in [0, 0.05) is 19.2 Å². The second kappa shape index (κ2) is 6.07. The summed E-state index contributed by atoms with van der Waals surface area (Å²) in [7, 11) is 0. The lowest BCUT2D eigenvalue weighted by Gasteiger charge is -2.38. The Kier molecular flexibility index (Phi) is 3.87. The maximum absolute atomic E-state index is 12.5. The van der Waals surface area contributed by atoms with Crippen LogP contribution in [0.2, 0.25) is 0 Å². The molecule has 9 heteroatoms. The third-order valence-electron chi connectivity index (χ3n) is 4.97. The van der Waals surface area contributed by atoms with Crippen LogP contribution >= 0.6 is 0 Å². The first-order valence-electron chi connectivity index (χ1n) is 8.45. The van der Waals surface area contributed by atoms with Crippen LogP contribution < -0.4 is 5.56 Å². The fourth-order valence-electron chi connectivity index (χ4n) is 3.37. The highest BCUT2D eigenvalue weighted by molar-refractivity contribution is 5.77. The van der Waals surface area contributed by atoms with Crippen molar-refractivity contribution in [3.8, 4) is 0 Å². The van der Waals surface area contributed by atoms with E-state index < -0.39 is 5.60 Å². The number of carbonyl (C=O) groups excluding carboxylic acids is 1. The van der Waals surface area contributed by atoms with Crippen molar-refractivity contribution in [2.45, 2.75) is 50.9 Å². The first-order valence-corrected chi connectivity index (χ1v) is 8.45. The molecule has 0 atom stereocenters. The van der Waals surface area contributed by atoms with Crippen LogP contribution in [-0.4, -0.2) is 52.4 Å². The van der Waals surface area contributed by atoms with E-state index in [-0.39, 0.29) is 24.4 Å². The normalized spacial score (nSPS) is 18.5. The molecule has 1 aliphatic carbocycles. The Balaban J connectivity index is 1.52. The molecule has 0 bridgehead atoms. The van der Waals surface area contributed by atoms with Crippen LogP contribution in [0.4, 0.5) is 0 Å². The third-order valence-corrected chi connectivity index (χ3v) is 4.97. The molecule has 132 valence electrons. The third kappa shape index (κ3) is 3.19. The Labute approximate surface area is 143 Å². The molecule has 0 unspecified atom stereocenters. The number of amides is 1. The van der Waals surface area contributed by atoms with Crippen molar-refractivity contribution in [1.82, 2.24) is 29.2 Å². The molecule has 3 heterocycles. The average molecular weight is 344 g/mol. The van der Waals surface area contributed by atoms with Crippen LogP contribution in [0.15, 0.2) is 23.5 Å². The molecule has 4 rings (SSSR count). The lowest BCUT2D eigenvalue weighted by Crippen LogP contribution is -2.47. The smallest absolute Gasteiger partial charge is 0.253 e. The van der Waals surface area contributed by atoms with Crippen molar-refractivity contribution in [2.75, 3.05) is 6.54 Å². The van der Waals surface area contributed by atoms with Crippen molar-refractivity contribution < 1.29 is 9.90 Å². The molecule has 1 aliphatic heterocycles. The van der Waals surface area contributed by atoms with E-state index in [2.05, 4.69) is 15.1 Å². The lowest BCUT2D eigenvalue weighted by molar-refractivity contribution is -0.142. The van der Waals surface area contributed by atoms with Gasteiger partial charge < -0.3 is 10.0 Å². The molecule has 9 nitrogen and oxygen atoms in total. The molecule has 2 aromatic heterocycles. The van der Waals surface area contributed by atoms with Gasteiger partial charge in [-0.2, -0.15) is 5.10 Å². The van der Waals surface area contributed by atoms with Gasteiger partial charge in [0.25, 0.3) is 5.56 Å². The van der Waals surface area contributed by atoms with Crippen molar-refractivity contribution in [1.29, 1.82) is 0 Å². The molecule has 0 aromatic carbocycles. The summed E-state index contributed by atoms with van der Waals surface area (Å²) >= 11 is 0. The van der Waals surface area contributed by atoms with Gasteiger partial charge in [0.05, 0.1) is 30.8 Å². The molecule has 25 heavy (non-hydrogen) atoms. The molecule has 1 N–H and O–H groups in total. The molecule has 2 aromatic rings. The minimum absolute atomic E-state index is 0.0793. The molecular weight excluding hydrogens is 324 g/mol. The summed E-state index contributed by atoms with van der Waals surface area (Å²) < 4.78 is 3.20. The molecule has 1 amide bonds. The molecule has 0 spiro atoms. The van der Waals surface area contributed by atoms with Gasteiger partial charge in [0.1, 0.15) is 18.5 Å². The van der Waals surface area contributed by atoms with E-state index >= 15 is 0 Å². The van der Waals surface area contributed by atoms with E-state index in [0.29, 0.717) is 44.0 Å². The maximum atomic E-state index is 12.5. The van der Waals surface area contributed by atoms with Crippen LogP contribution in [0.5, 0.6) is 0 Å². The number of hydrogen-bond acceptors (Lipinski definition) is 6. The Morgan fingerprint density at radius 2 is 2.16 bits per heavy atom. The first kappa shape index (κ1) is 15.9. The summed E-state index contributed by atoms with van der Waals surface area (Å²) in [6, 6.07) is 1.50. The fourth-order valence-corrected chi connectivity index (χ4v) is 3.37. The highest BCUT2D eigenvalue weighted by Crippen LogP contribution is 2.35. The van der Waals surface area contributed by atoms with Crippen LogP contribution in [-0.2, 0) is 24.4 Å². The highest BCUT2D eigenvalue weighted by atomic mass is 16.3. The Morgan fingerprint density at radius 3 is 2.84 bits per heavy atom. The van der Waals surface area contributed by atoms with Crippen LogP contribution in [0.3, 0.4) is 0 Å². The van der Waals surface area contributed by atoms with Crippen LogP contribution in [0.25, 0.3) is 0 Å². The van der Waals surface area contributed by atoms with Crippen LogP contribution in [0, 0.1) is 0 Å². The van der Waals surface area contributed by atoms with Gasteiger partial charge in [-0.05, 0) is 19.3 Å². The van der Waals surface area contributed by atoms with E-state index in [9.17, 15) is 14.7 Å². The summed E-state index contributed by atoms with van der Waals surface area (Å²) in [5.41, 5.74) is -0.366. The number of carbonyl (C=O) groups is 1. The van der Waals surface area contributed by atoms with Gasteiger partial charge in [-0.25, -0.2) is 14.6 Å². The van der Waals surface area contributed by atoms with Gasteiger partial charge in [-0.15, -0.1) is 0 Å². The van der Waals surface area contributed by atoms with Crippen molar-refractivity contribution >= 4 is 5.91 Å². The van der Waals surface area contributed by atoms with Gasteiger partial charge >= 0.3 is 0 Å². The first-order chi connectivity index (χ1) is 12.0. The second-order valence-electron chi connectivity index (χ2n) is 6.82. The molecule has 1 saturated carbocycles. The average Bonchev–Trinajstić information content (AvgIpc) is 3.05. The molecular formula is C16H20N6O3. The monoisotopic (exact) mass is 344 g/mol. The Hall–Kier alpha value is -2.55. The van der Waals surface area contributed by atoms with Crippen molar-refractivity contribution in [3.05, 3.63) is 40.6 Å². The van der Waals surface area contributed by atoms with Crippen molar-refractivity contribution in [2.24, 2.45) is 0 Å². The zero-order valence-corrected chi connectivity index (χ0v) is 13.8. The standard InChI is InChI=1S/C16H20N6O3/c23-14-6-12(8-21-11-17-10-18-21)19-13-9-20(4-5-22(13)14)15(24)7-16(25)2-1-3-16/h6,10-11,25H,1-5,7-9H2. The van der Waals surface area contributed by atoms with Gasteiger partial charge in [-0.1, -0.05) is 0 Å². The van der Waals surface area contributed by atoms with E-state index in [1.807, 2.05) is 0 Å². The quantitative estimate of drug-likeness (QED) is 0.804. The topological polar surface area (TPSA) is 106 Å². The Bertz CT molecular complexity index is 840. The minimum Gasteiger partial charge on any atom is -0.389 e. The largest absolute Gasteiger partial charge is 0.389 e. The zero-order chi connectivity index (χ0) is 17.4. The highest BCUT2D eigenvalue weighted by Gasteiger charge is 2.38. The van der Waals surface area contributed by atoms with Gasteiger partial charge in [0.15, 0.2) is 0 Å². The number of hydrogen-bond donors (Lipinski definition) is 1. The number of nitrogens with zero attached hydrogens (tertiary/aromatic N) is 6. The summed E-state index contributed by atoms with van der Waals surface area (Å²) in [5.74, 6) is 0.493. The summed E-state index contributed by atoms with van der Waals surface area (Å²) in [6.07, 6.45) is 5.47. The lowest BCUT2D eigenvalue weighted by atomic mass is 9.77. The van der Waals surface area contributed by atoms with E-state index in [1.165, 1.54) is 12.4 Å². The maximum Gasteiger partial charge on any atom is 0.253 e. The zero-order valence-electron chi connectivity index (χ0n) is 13.8. The number of rotatable bonds is 4. The van der Waals surface area contributed by atoms with Gasteiger partial charge in [-0.3, -0.25) is 14.2 Å². The molecule has 2 aliphatic rings. The predicted octanol–water partition coefficient (Wildman–Crippen LogP) is -0.470.